The van der Waals surface area contributed by atoms with Gasteiger partial charge in [-0.25, -0.2) is 13.4 Å². The van der Waals surface area contributed by atoms with Gasteiger partial charge in [0.2, 0.25) is 0 Å². The van der Waals surface area contributed by atoms with Gasteiger partial charge in [-0.05, 0) is 68.1 Å². The zero-order chi connectivity index (χ0) is 25.7. The topological polar surface area (TPSA) is 71.3 Å². The first-order valence-corrected chi connectivity index (χ1v) is 14.9. The fourth-order valence-electron chi connectivity index (χ4n) is 5.29. The van der Waals surface area contributed by atoms with E-state index in [4.69, 9.17) is 9.97 Å². The molecule has 2 aromatic carbocycles. The smallest absolute Gasteiger partial charge is 0.175 e. The maximum Gasteiger partial charge on any atom is 0.175 e. The van der Waals surface area contributed by atoms with Crippen LogP contribution in [-0.2, 0) is 16.9 Å². The van der Waals surface area contributed by atoms with Crippen LogP contribution in [0.5, 0.6) is 0 Å². The van der Waals surface area contributed by atoms with Gasteiger partial charge in [-0.3, -0.25) is 9.88 Å². The molecule has 1 aliphatic carbocycles. The second-order valence-corrected chi connectivity index (χ2v) is 12.5. The Hall–Kier alpha value is -3.23. The van der Waals surface area contributed by atoms with Crippen LogP contribution < -0.4 is 4.90 Å². The molecule has 1 saturated heterocycles. The molecule has 0 unspecified atom stereocenters. The molecule has 1 saturated carbocycles. The molecule has 8 heteroatoms. The lowest BCUT2D eigenvalue weighted by molar-refractivity contribution is 0.248. The molecule has 4 aromatic rings. The Bertz CT molecular complexity index is 1550. The number of sulfone groups is 1. The van der Waals surface area contributed by atoms with Crippen LogP contribution in [0.2, 0.25) is 0 Å². The highest BCUT2D eigenvalue weighted by atomic mass is 32.2. The van der Waals surface area contributed by atoms with E-state index in [0.717, 1.165) is 71.5 Å². The van der Waals surface area contributed by atoms with E-state index in [1.807, 2.05) is 26.1 Å². The van der Waals surface area contributed by atoms with E-state index in [0.29, 0.717) is 4.90 Å². The number of piperazine rings is 1. The molecule has 2 aromatic heterocycles. The van der Waals surface area contributed by atoms with E-state index >= 15 is 0 Å². The minimum Gasteiger partial charge on any atom is -0.369 e. The highest BCUT2D eigenvalue weighted by molar-refractivity contribution is 7.90. The number of imidazole rings is 1. The maximum atomic E-state index is 11.8. The molecular weight excluding hydrogens is 482 g/mol. The van der Waals surface area contributed by atoms with E-state index < -0.39 is 9.84 Å². The summed E-state index contributed by atoms with van der Waals surface area (Å²) in [6, 6.07) is 17.7. The molecule has 0 bridgehead atoms. The second kappa shape index (κ2) is 9.26. The molecule has 6 rings (SSSR count). The van der Waals surface area contributed by atoms with Crippen molar-refractivity contribution in [2.24, 2.45) is 13.0 Å². The summed E-state index contributed by atoms with van der Waals surface area (Å²) in [5.41, 5.74) is 6.88. The predicted molar refractivity (Wildman–Crippen MR) is 149 cm³/mol. The summed E-state index contributed by atoms with van der Waals surface area (Å²) in [5.74, 6) is 1.74. The van der Waals surface area contributed by atoms with Crippen LogP contribution in [0.4, 0.5) is 5.69 Å². The van der Waals surface area contributed by atoms with Gasteiger partial charge in [0.05, 0.1) is 21.8 Å². The number of fused-ring (bicyclic) bond motifs is 1. The van der Waals surface area contributed by atoms with Gasteiger partial charge in [-0.2, -0.15) is 0 Å². The number of hydrogen-bond donors (Lipinski definition) is 0. The minimum absolute atomic E-state index is 0.304. The zero-order valence-electron chi connectivity index (χ0n) is 21.7. The van der Waals surface area contributed by atoms with Gasteiger partial charge < -0.3 is 9.47 Å². The van der Waals surface area contributed by atoms with Crippen LogP contribution in [0.1, 0.15) is 18.5 Å². The number of nitrogens with zero attached hydrogens (tertiary/aromatic N) is 5. The van der Waals surface area contributed by atoms with Gasteiger partial charge in [0, 0.05) is 62.8 Å². The lowest BCUT2D eigenvalue weighted by Crippen LogP contribution is -2.47. The minimum atomic E-state index is -3.24. The Morgan fingerprint density at radius 3 is 2.16 bits per heavy atom. The normalized spacial score (nSPS) is 17.0. The summed E-state index contributed by atoms with van der Waals surface area (Å²) in [6.45, 7) is 7.73. The number of aryl methyl sites for hydroxylation is 2. The Kier molecular flexibility index (Phi) is 6.04. The zero-order valence-corrected chi connectivity index (χ0v) is 22.5. The molecule has 7 nitrogen and oxygen atoms in total. The Labute approximate surface area is 218 Å². The lowest BCUT2D eigenvalue weighted by Gasteiger charge is -2.36. The molecular formula is C29H33N5O2S. The number of rotatable bonds is 6. The van der Waals surface area contributed by atoms with Crippen LogP contribution >= 0.6 is 0 Å². The van der Waals surface area contributed by atoms with E-state index in [9.17, 15) is 8.42 Å². The number of pyridine rings is 1. The first-order chi connectivity index (χ1) is 17.8. The van der Waals surface area contributed by atoms with Gasteiger partial charge in [0.1, 0.15) is 11.3 Å². The third kappa shape index (κ3) is 4.88. The molecule has 0 amide bonds. The summed E-state index contributed by atoms with van der Waals surface area (Å²) < 4.78 is 25.7. The van der Waals surface area contributed by atoms with Crippen LogP contribution in [0.3, 0.4) is 0 Å². The monoisotopic (exact) mass is 515 g/mol. The first kappa shape index (κ1) is 24.1. The fraction of sp³-hybridized carbons (Fsp3) is 0.379. The molecule has 2 fully saturated rings. The van der Waals surface area contributed by atoms with Gasteiger partial charge in [0.25, 0.3) is 0 Å². The van der Waals surface area contributed by atoms with Gasteiger partial charge in [-0.1, -0.05) is 12.1 Å². The third-order valence-electron chi connectivity index (χ3n) is 7.70. The molecule has 1 aliphatic heterocycles. The molecule has 0 spiro atoms. The number of anilines is 1. The average Bonchev–Trinajstić information content (AvgIpc) is 3.65. The SMILES string of the molecule is Cc1nc(-c2ccc(N3CCN(CC4CC4)CC3)cc2)cc2c1nc(-c1ccc(S(C)(=O)=O)cc1)n2C. The van der Waals surface area contributed by atoms with E-state index in [2.05, 4.69) is 44.7 Å². The highest BCUT2D eigenvalue weighted by Gasteiger charge is 2.26. The molecule has 3 heterocycles. The van der Waals surface area contributed by atoms with Crippen molar-refractivity contribution in [1.29, 1.82) is 0 Å². The van der Waals surface area contributed by atoms with E-state index in [1.54, 1.807) is 12.1 Å². The first-order valence-electron chi connectivity index (χ1n) is 13.0. The standard InChI is InChI=1S/C29H33N5O2S/c1-20-28-27(32(2)29(31-28)23-8-12-25(13-9-23)37(3,35)36)18-26(30-20)22-6-10-24(11-7-22)34-16-14-33(15-17-34)19-21-4-5-21/h6-13,18,21H,4-5,14-17,19H2,1-3H3. The molecule has 37 heavy (non-hydrogen) atoms. The second-order valence-electron chi connectivity index (χ2n) is 10.5. The Morgan fingerprint density at radius 2 is 1.54 bits per heavy atom. The molecule has 2 aliphatic rings. The van der Waals surface area contributed by atoms with Crippen LogP contribution in [0, 0.1) is 12.8 Å². The Morgan fingerprint density at radius 1 is 0.892 bits per heavy atom. The molecule has 0 atom stereocenters. The van der Waals surface area contributed by atoms with Gasteiger partial charge in [-0.15, -0.1) is 0 Å². The number of benzene rings is 2. The lowest BCUT2D eigenvalue weighted by atomic mass is 10.1. The maximum absolute atomic E-state index is 11.8. The van der Waals surface area contributed by atoms with Crippen LogP contribution in [0.25, 0.3) is 33.7 Å². The van der Waals surface area contributed by atoms with Gasteiger partial charge >= 0.3 is 0 Å². The summed E-state index contributed by atoms with van der Waals surface area (Å²) in [4.78, 5) is 15.1. The van der Waals surface area contributed by atoms with Crippen molar-refractivity contribution in [1.82, 2.24) is 19.4 Å². The van der Waals surface area contributed by atoms with Crippen molar-refractivity contribution in [3.63, 3.8) is 0 Å². The largest absolute Gasteiger partial charge is 0.369 e. The number of aromatic nitrogens is 3. The van der Waals surface area contributed by atoms with Crippen molar-refractivity contribution >= 4 is 26.6 Å². The van der Waals surface area contributed by atoms with Crippen molar-refractivity contribution in [3.8, 4) is 22.6 Å². The molecule has 192 valence electrons. The van der Waals surface area contributed by atoms with Gasteiger partial charge in [0.15, 0.2) is 9.84 Å². The summed E-state index contributed by atoms with van der Waals surface area (Å²) in [7, 11) is -1.25. The third-order valence-corrected chi connectivity index (χ3v) is 8.83. The highest BCUT2D eigenvalue weighted by Crippen LogP contribution is 2.32. The van der Waals surface area contributed by atoms with Crippen molar-refractivity contribution in [2.45, 2.75) is 24.7 Å². The quantitative estimate of drug-likeness (QED) is 0.375. The fourth-order valence-corrected chi connectivity index (χ4v) is 5.92. The summed E-state index contributed by atoms with van der Waals surface area (Å²) >= 11 is 0. The van der Waals surface area contributed by atoms with E-state index in [-0.39, 0.29) is 0 Å². The van der Waals surface area contributed by atoms with Crippen molar-refractivity contribution < 1.29 is 8.42 Å². The molecule has 0 N–H and O–H groups in total. The van der Waals surface area contributed by atoms with Crippen molar-refractivity contribution in [2.75, 3.05) is 43.9 Å². The molecule has 0 radical (unpaired) electrons. The summed E-state index contributed by atoms with van der Waals surface area (Å²) in [5, 5.41) is 0. The predicted octanol–water partition coefficient (Wildman–Crippen LogP) is 4.55. The van der Waals surface area contributed by atoms with E-state index in [1.165, 1.54) is 31.3 Å². The van der Waals surface area contributed by atoms with Crippen LogP contribution in [-0.4, -0.2) is 66.8 Å². The van der Waals surface area contributed by atoms with Crippen molar-refractivity contribution in [3.05, 3.63) is 60.3 Å². The number of hydrogen-bond acceptors (Lipinski definition) is 6. The average molecular weight is 516 g/mol. The van der Waals surface area contributed by atoms with Crippen LogP contribution in [0.15, 0.2) is 59.5 Å². The summed E-state index contributed by atoms with van der Waals surface area (Å²) in [6.07, 6.45) is 4.05. The Balaban J connectivity index is 1.24.